The van der Waals surface area contributed by atoms with Gasteiger partial charge in [-0.25, -0.2) is 5.48 Å². The van der Waals surface area contributed by atoms with Crippen LogP contribution in [0, 0.1) is 0 Å². The topological polar surface area (TPSA) is 75.4 Å². The lowest BCUT2D eigenvalue weighted by atomic mass is 10.1. The highest BCUT2D eigenvalue weighted by atomic mass is 16.5. The highest BCUT2D eigenvalue weighted by molar-refractivity contribution is 5.80. The molecule has 4 heteroatoms. The third kappa shape index (κ3) is 3.16. The summed E-state index contributed by atoms with van der Waals surface area (Å²) in [6.45, 7) is 0. The van der Waals surface area contributed by atoms with E-state index in [4.69, 9.17) is 10.9 Å². The quantitative estimate of drug-likeness (QED) is 0.481. The van der Waals surface area contributed by atoms with Crippen molar-refractivity contribution >= 4 is 5.91 Å². The van der Waals surface area contributed by atoms with E-state index in [0.29, 0.717) is 6.42 Å². The van der Waals surface area contributed by atoms with E-state index in [0.717, 1.165) is 12.0 Å². The maximum absolute atomic E-state index is 10.8. The monoisotopic (exact) mass is 194 g/mol. The van der Waals surface area contributed by atoms with Crippen molar-refractivity contribution in [3.8, 4) is 0 Å². The normalized spacial score (nSPS) is 12.1. The van der Waals surface area contributed by atoms with Gasteiger partial charge in [0.25, 0.3) is 5.91 Å². The van der Waals surface area contributed by atoms with E-state index in [1.807, 2.05) is 30.3 Å². The summed E-state index contributed by atoms with van der Waals surface area (Å²) in [5.41, 5.74) is 8.17. The largest absolute Gasteiger partial charge is 0.320 e. The minimum absolute atomic E-state index is 0.524. The van der Waals surface area contributed by atoms with Gasteiger partial charge in [-0.05, 0) is 18.4 Å². The van der Waals surface area contributed by atoms with Gasteiger partial charge in [-0.1, -0.05) is 30.3 Å². The SMILES string of the molecule is N[C@@H](CCc1ccccc1)C(=O)NO. The first-order valence-electron chi connectivity index (χ1n) is 4.47. The molecule has 4 nitrogen and oxygen atoms in total. The first-order valence-corrected chi connectivity index (χ1v) is 4.47. The molecule has 1 amide bonds. The van der Waals surface area contributed by atoms with E-state index in [2.05, 4.69) is 0 Å². The Hall–Kier alpha value is -1.39. The Morgan fingerprint density at radius 3 is 2.64 bits per heavy atom. The molecule has 1 atom stereocenters. The number of rotatable bonds is 4. The molecule has 0 fully saturated rings. The fraction of sp³-hybridized carbons (Fsp3) is 0.300. The van der Waals surface area contributed by atoms with Gasteiger partial charge in [-0.15, -0.1) is 0 Å². The van der Waals surface area contributed by atoms with E-state index in [1.165, 1.54) is 5.48 Å². The molecule has 0 aromatic heterocycles. The Morgan fingerprint density at radius 2 is 2.07 bits per heavy atom. The van der Waals surface area contributed by atoms with E-state index < -0.39 is 11.9 Å². The first kappa shape index (κ1) is 10.7. The molecule has 1 aromatic rings. The van der Waals surface area contributed by atoms with Crippen LogP contribution in [0.5, 0.6) is 0 Å². The zero-order valence-electron chi connectivity index (χ0n) is 7.81. The number of amides is 1. The summed E-state index contributed by atoms with van der Waals surface area (Å²) >= 11 is 0. The van der Waals surface area contributed by atoms with E-state index in [1.54, 1.807) is 0 Å². The van der Waals surface area contributed by atoms with Crippen molar-refractivity contribution in [3.63, 3.8) is 0 Å². The maximum atomic E-state index is 10.8. The summed E-state index contributed by atoms with van der Waals surface area (Å²) in [6.07, 6.45) is 1.26. The van der Waals surface area contributed by atoms with Crippen molar-refractivity contribution in [2.24, 2.45) is 5.73 Å². The third-order valence-corrected chi connectivity index (χ3v) is 2.03. The van der Waals surface area contributed by atoms with Gasteiger partial charge in [0.1, 0.15) is 0 Å². The van der Waals surface area contributed by atoms with Gasteiger partial charge < -0.3 is 5.73 Å². The Labute approximate surface area is 82.7 Å². The lowest BCUT2D eigenvalue weighted by Gasteiger charge is -2.08. The van der Waals surface area contributed by atoms with Crippen molar-refractivity contribution in [2.45, 2.75) is 18.9 Å². The number of benzene rings is 1. The van der Waals surface area contributed by atoms with Gasteiger partial charge in [0.15, 0.2) is 0 Å². The standard InChI is InChI=1S/C10H14N2O2/c11-9(10(13)12-14)7-6-8-4-2-1-3-5-8/h1-5,9,14H,6-7,11H2,(H,12,13)/t9-/m0/s1. The van der Waals surface area contributed by atoms with Crippen molar-refractivity contribution in [3.05, 3.63) is 35.9 Å². The van der Waals surface area contributed by atoms with Gasteiger partial charge >= 0.3 is 0 Å². The van der Waals surface area contributed by atoms with Gasteiger partial charge in [0.05, 0.1) is 6.04 Å². The van der Waals surface area contributed by atoms with Crippen LogP contribution in [-0.2, 0) is 11.2 Å². The molecule has 76 valence electrons. The fourth-order valence-corrected chi connectivity index (χ4v) is 1.18. The molecule has 1 rings (SSSR count). The van der Waals surface area contributed by atoms with Crippen LogP contribution in [0.2, 0.25) is 0 Å². The minimum atomic E-state index is -0.653. The number of carbonyl (C=O) groups is 1. The highest BCUT2D eigenvalue weighted by Crippen LogP contribution is 2.03. The molecular weight excluding hydrogens is 180 g/mol. The molecule has 14 heavy (non-hydrogen) atoms. The molecule has 0 aliphatic carbocycles. The number of nitrogens with one attached hydrogen (secondary N) is 1. The molecule has 0 aliphatic rings. The van der Waals surface area contributed by atoms with Crippen LogP contribution in [0.1, 0.15) is 12.0 Å². The van der Waals surface area contributed by atoms with Crippen molar-refractivity contribution in [2.75, 3.05) is 0 Å². The van der Waals surface area contributed by atoms with Crippen LogP contribution in [-0.4, -0.2) is 17.2 Å². The van der Waals surface area contributed by atoms with E-state index >= 15 is 0 Å². The van der Waals surface area contributed by atoms with Crippen LogP contribution < -0.4 is 11.2 Å². The third-order valence-electron chi connectivity index (χ3n) is 2.03. The van der Waals surface area contributed by atoms with E-state index in [9.17, 15) is 4.79 Å². The van der Waals surface area contributed by atoms with Crippen LogP contribution >= 0.6 is 0 Å². The molecule has 0 unspecified atom stereocenters. The molecular formula is C10H14N2O2. The van der Waals surface area contributed by atoms with E-state index in [-0.39, 0.29) is 0 Å². The molecule has 0 heterocycles. The second-order valence-electron chi connectivity index (χ2n) is 3.11. The van der Waals surface area contributed by atoms with Gasteiger partial charge in [-0.2, -0.15) is 0 Å². The lowest BCUT2D eigenvalue weighted by Crippen LogP contribution is -2.39. The molecule has 1 aromatic carbocycles. The maximum Gasteiger partial charge on any atom is 0.260 e. The van der Waals surface area contributed by atoms with Gasteiger partial charge in [0.2, 0.25) is 0 Å². The Balaban J connectivity index is 2.38. The highest BCUT2D eigenvalue weighted by Gasteiger charge is 2.11. The average Bonchev–Trinajstić information content (AvgIpc) is 2.26. The van der Waals surface area contributed by atoms with Crippen molar-refractivity contribution in [1.29, 1.82) is 0 Å². The predicted molar refractivity (Wildman–Crippen MR) is 52.7 cm³/mol. The Bertz CT molecular complexity index is 287. The summed E-state index contributed by atoms with van der Waals surface area (Å²) in [5, 5.41) is 8.32. The number of hydrogen-bond acceptors (Lipinski definition) is 3. The minimum Gasteiger partial charge on any atom is -0.320 e. The second kappa shape index (κ2) is 5.36. The first-order chi connectivity index (χ1) is 6.74. The second-order valence-corrected chi connectivity index (χ2v) is 3.11. The summed E-state index contributed by atoms with van der Waals surface area (Å²) < 4.78 is 0. The Kier molecular flexibility index (Phi) is 4.10. The molecule has 4 N–H and O–H groups in total. The summed E-state index contributed by atoms with van der Waals surface area (Å²) in [7, 11) is 0. The van der Waals surface area contributed by atoms with Gasteiger partial charge in [-0.3, -0.25) is 10.0 Å². The smallest absolute Gasteiger partial charge is 0.260 e. The lowest BCUT2D eigenvalue weighted by molar-refractivity contribution is -0.130. The zero-order chi connectivity index (χ0) is 10.4. The van der Waals surface area contributed by atoms with Crippen LogP contribution in [0.25, 0.3) is 0 Å². The number of hydroxylamine groups is 1. The summed E-state index contributed by atoms with van der Waals surface area (Å²) in [5.74, 6) is -0.541. The molecule has 0 bridgehead atoms. The number of carbonyl (C=O) groups excluding carboxylic acids is 1. The number of aryl methyl sites for hydroxylation is 1. The molecule has 0 spiro atoms. The van der Waals surface area contributed by atoms with Crippen molar-refractivity contribution < 1.29 is 10.0 Å². The van der Waals surface area contributed by atoms with Crippen molar-refractivity contribution in [1.82, 2.24) is 5.48 Å². The summed E-state index contributed by atoms with van der Waals surface area (Å²) in [4.78, 5) is 10.8. The average molecular weight is 194 g/mol. The summed E-state index contributed by atoms with van der Waals surface area (Å²) in [6, 6.07) is 9.11. The van der Waals surface area contributed by atoms with Gasteiger partial charge in [0, 0.05) is 0 Å². The molecule has 0 aliphatic heterocycles. The molecule has 0 radical (unpaired) electrons. The number of hydrogen-bond donors (Lipinski definition) is 3. The fourth-order valence-electron chi connectivity index (χ4n) is 1.18. The van der Waals surface area contributed by atoms with Crippen LogP contribution in [0.4, 0.5) is 0 Å². The van der Waals surface area contributed by atoms with Crippen LogP contribution in [0.15, 0.2) is 30.3 Å². The Morgan fingerprint density at radius 1 is 1.43 bits per heavy atom. The predicted octanol–water partition coefficient (Wildman–Crippen LogP) is 0.452. The molecule has 0 saturated heterocycles. The number of nitrogens with two attached hydrogens (primary N) is 1. The molecule has 0 saturated carbocycles. The van der Waals surface area contributed by atoms with Crippen LogP contribution in [0.3, 0.4) is 0 Å². The zero-order valence-corrected chi connectivity index (χ0v) is 7.81.